The van der Waals surface area contributed by atoms with Crippen molar-refractivity contribution >= 4 is 11.9 Å². The molecule has 0 radical (unpaired) electrons. The maximum absolute atomic E-state index is 12.4. The number of nitrogens with zero attached hydrogens (tertiary/aromatic N) is 3. The fourth-order valence-corrected chi connectivity index (χ4v) is 2.59. The molecule has 0 fully saturated rings. The van der Waals surface area contributed by atoms with Crippen molar-refractivity contribution in [1.82, 2.24) is 25.4 Å². The van der Waals surface area contributed by atoms with E-state index in [-0.39, 0.29) is 11.8 Å². The first-order valence-corrected chi connectivity index (χ1v) is 7.45. The van der Waals surface area contributed by atoms with Crippen LogP contribution in [0.2, 0.25) is 0 Å². The second-order valence-corrected chi connectivity index (χ2v) is 5.74. The molecule has 0 saturated heterocycles. The van der Waals surface area contributed by atoms with Gasteiger partial charge >= 0.3 is 0 Å². The van der Waals surface area contributed by atoms with Crippen molar-refractivity contribution in [3.05, 3.63) is 22.8 Å². The molecule has 0 atom stereocenters. The fourth-order valence-electron chi connectivity index (χ4n) is 2.59. The summed E-state index contributed by atoms with van der Waals surface area (Å²) in [5.41, 5.74) is 2.61. The highest BCUT2D eigenvalue weighted by Crippen LogP contribution is 2.22. The zero-order chi connectivity index (χ0) is 14.8. The molecule has 7 nitrogen and oxygen atoms in total. The van der Waals surface area contributed by atoms with Crippen LogP contribution in [0, 0.1) is 0 Å². The molecule has 0 aliphatic heterocycles. The Hall–Kier alpha value is -2.18. The van der Waals surface area contributed by atoms with E-state index in [0.29, 0.717) is 11.6 Å². The van der Waals surface area contributed by atoms with E-state index in [1.807, 2.05) is 13.8 Å². The van der Waals surface area contributed by atoms with Crippen LogP contribution in [0.25, 0.3) is 0 Å². The van der Waals surface area contributed by atoms with E-state index in [9.17, 15) is 4.79 Å². The number of aryl methyl sites for hydroxylation is 1. The summed E-state index contributed by atoms with van der Waals surface area (Å²) in [7, 11) is 0. The minimum atomic E-state index is -0.247. The van der Waals surface area contributed by atoms with E-state index in [1.54, 1.807) is 0 Å². The molecule has 2 heterocycles. The first kappa shape index (κ1) is 13.8. The summed E-state index contributed by atoms with van der Waals surface area (Å²) in [6, 6.07) is 0. The van der Waals surface area contributed by atoms with E-state index in [2.05, 4.69) is 30.7 Å². The van der Waals surface area contributed by atoms with Crippen LogP contribution in [0.15, 0.2) is 0 Å². The molecule has 21 heavy (non-hydrogen) atoms. The van der Waals surface area contributed by atoms with Gasteiger partial charge in [0, 0.05) is 17.2 Å². The Bertz CT molecular complexity index is 642. The molecule has 3 N–H and O–H groups in total. The highest BCUT2D eigenvalue weighted by molar-refractivity contribution is 6.03. The summed E-state index contributed by atoms with van der Waals surface area (Å²) < 4.78 is 0. The first-order chi connectivity index (χ1) is 10.1. The van der Waals surface area contributed by atoms with Gasteiger partial charge in [-0.2, -0.15) is 10.1 Å². The van der Waals surface area contributed by atoms with Gasteiger partial charge in [0.2, 0.25) is 5.95 Å². The molecule has 0 saturated carbocycles. The maximum Gasteiger partial charge on any atom is 0.278 e. The summed E-state index contributed by atoms with van der Waals surface area (Å²) in [4.78, 5) is 16.6. The Balaban J connectivity index is 1.77. The number of amides is 1. The quantitative estimate of drug-likeness (QED) is 0.754. The van der Waals surface area contributed by atoms with Crippen molar-refractivity contribution in [3.63, 3.8) is 0 Å². The zero-order valence-electron chi connectivity index (χ0n) is 12.4. The van der Waals surface area contributed by atoms with Crippen LogP contribution < -0.4 is 5.32 Å². The minimum absolute atomic E-state index is 0.241. The lowest BCUT2D eigenvalue weighted by Crippen LogP contribution is -2.15. The van der Waals surface area contributed by atoms with E-state index >= 15 is 0 Å². The topological polar surface area (TPSA) is 99.3 Å². The number of fused-ring (bicyclic) bond motifs is 1. The minimum Gasteiger partial charge on any atom is -0.288 e. The molecule has 1 amide bonds. The molecule has 7 heteroatoms. The summed E-state index contributed by atoms with van der Waals surface area (Å²) in [5, 5.41) is 16.7. The van der Waals surface area contributed by atoms with Gasteiger partial charge in [-0.15, -0.1) is 5.10 Å². The molecule has 2 aromatic heterocycles. The number of nitrogens with one attached hydrogen (secondary N) is 3. The first-order valence-electron chi connectivity index (χ1n) is 7.45. The van der Waals surface area contributed by atoms with Crippen molar-refractivity contribution in [1.29, 1.82) is 0 Å². The molecule has 0 spiro atoms. The Labute approximate surface area is 122 Å². The second-order valence-electron chi connectivity index (χ2n) is 5.74. The summed E-state index contributed by atoms with van der Waals surface area (Å²) in [6.45, 7) is 4.03. The lowest BCUT2D eigenvalue weighted by atomic mass is 10.1. The van der Waals surface area contributed by atoms with E-state index in [1.165, 1.54) is 6.42 Å². The molecule has 1 aliphatic carbocycles. The molecular formula is C14H20N6O. The summed E-state index contributed by atoms with van der Waals surface area (Å²) in [5.74, 6) is 1.05. The summed E-state index contributed by atoms with van der Waals surface area (Å²) >= 11 is 0. The summed E-state index contributed by atoms with van der Waals surface area (Å²) in [6.07, 6.45) is 5.32. The average molecular weight is 288 g/mol. The Morgan fingerprint density at radius 2 is 1.95 bits per heavy atom. The van der Waals surface area contributed by atoms with Gasteiger partial charge in [0.05, 0.1) is 0 Å². The monoisotopic (exact) mass is 288 g/mol. The van der Waals surface area contributed by atoms with Crippen molar-refractivity contribution in [2.45, 2.75) is 51.9 Å². The smallest absolute Gasteiger partial charge is 0.278 e. The molecule has 3 rings (SSSR count). The third kappa shape index (κ3) is 2.81. The van der Waals surface area contributed by atoms with Crippen LogP contribution >= 0.6 is 0 Å². The average Bonchev–Trinajstić information content (AvgIpc) is 3.01. The number of hydrogen-bond acceptors (Lipinski definition) is 4. The van der Waals surface area contributed by atoms with Crippen LogP contribution in [-0.4, -0.2) is 31.3 Å². The van der Waals surface area contributed by atoms with Crippen LogP contribution in [0.3, 0.4) is 0 Å². The van der Waals surface area contributed by atoms with Gasteiger partial charge in [0.1, 0.15) is 5.82 Å². The van der Waals surface area contributed by atoms with Crippen molar-refractivity contribution < 1.29 is 4.79 Å². The third-order valence-electron chi connectivity index (χ3n) is 3.80. The standard InChI is InChI=1S/C14H20N6O/c1-8(2)12-15-14(20-19-12)16-13(21)11-9-6-4-3-5-7-10(9)17-18-11/h8H,3-7H2,1-2H3,(H,17,18)(H2,15,16,19,20,21). The molecule has 0 aromatic carbocycles. The van der Waals surface area contributed by atoms with Crippen molar-refractivity contribution in [2.75, 3.05) is 5.32 Å². The molecule has 0 bridgehead atoms. The number of hydrogen-bond donors (Lipinski definition) is 3. The lowest BCUT2D eigenvalue weighted by Gasteiger charge is -2.01. The Morgan fingerprint density at radius 1 is 1.14 bits per heavy atom. The van der Waals surface area contributed by atoms with Gasteiger partial charge in [-0.1, -0.05) is 20.3 Å². The highest BCUT2D eigenvalue weighted by atomic mass is 16.2. The van der Waals surface area contributed by atoms with E-state index in [4.69, 9.17) is 0 Å². The predicted molar refractivity (Wildman–Crippen MR) is 78.3 cm³/mol. The normalized spacial score (nSPS) is 14.8. The second kappa shape index (κ2) is 5.67. The van der Waals surface area contributed by atoms with Gasteiger partial charge in [0.15, 0.2) is 5.69 Å². The van der Waals surface area contributed by atoms with E-state index in [0.717, 1.165) is 42.8 Å². The maximum atomic E-state index is 12.4. The van der Waals surface area contributed by atoms with Crippen LogP contribution in [0.1, 0.15) is 66.6 Å². The van der Waals surface area contributed by atoms with Crippen LogP contribution in [0.5, 0.6) is 0 Å². The van der Waals surface area contributed by atoms with Crippen LogP contribution in [0.4, 0.5) is 5.95 Å². The molecule has 112 valence electrons. The molecule has 2 aromatic rings. The number of aromatic nitrogens is 5. The van der Waals surface area contributed by atoms with E-state index < -0.39 is 0 Å². The van der Waals surface area contributed by atoms with Crippen molar-refractivity contribution in [3.8, 4) is 0 Å². The number of rotatable bonds is 3. The number of carbonyl (C=O) groups excluding carboxylic acids is 1. The van der Waals surface area contributed by atoms with Gasteiger partial charge in [0.25, 0.3) is 5.91 Å². The zero-order valence-corrected chi connectivity index (χ0v) is 12.4. The van der Waals surface area contributed by atoms with Crippen molar-refractivity contribution in [2.24, 2.45) is 0 Å². The number of aromatic amines is 2. The molecule has 0 unspecified atom stereocenters. The molecule has 1 aliphatic rings. The third-order valence-corrected chi connectivity index (χ3v) is 3.80. The highest BCUT2D eigenvalue weighted by Gasteiger charge is 2.21. The SMILES string of the molecule is CC(C)c1nc(NC(=O)c2n[nH]c3c2CCCCC3)n[nH]1. The number of anilines is 1. The number of H-pyrrole nitrogens is 2. The fraction of sp³-hybridized carbons (Fsp3) is 0.571. The van der Waals surface area contributed by atoms with Crippen LogP contribution in [-0.2, 0) is 12.8 Å². The van der Waals surface area contributed by atoms with Gasteiger partial charge in [-0.25, -0.2) is 0 Å². The Kier molecular flexibility index (Phi) is 3.72. The lowest BCUT2D eigenvalue weighted by molar-refractivity contribution is 0.102. The van der Waals surface area contributed by atoms with Gasteiger partial charge < -0.3 is 0 Å². The van der Waals surface area contributed by atoms with Gasteiger partial charge in [-0.3, -0.25) is 20.3 Å². The molecular weight excluding hydrogens is 268 g/mol. The predicted octanol–water partition coefficient (Wildman–Crippen LogP) is 2.17. The Morgan fingerprint density at radius 3 is 2.71 bits per heavy atom. The number of carbonyl (C=O) groups is 1. The van der Waals surface area contributed by atoms with Gasteiger partial charge in [-0.05, 0) is 25.7 Å². The largest absolute Gasteiger partial charge is 0.288 e.